The van der Waals surface area contributed by atoms with E-state index in [4.69, 9.17) is 0 Å². The highest BCUT2D eigenvalue weighted by Crippen LogP contribution is 2.32. The van der Waals surface area contributed by atoms with Crippen LogP contribution in [0.4, 0.5) is 5.69 Å². The minimum Gasteiger partial charge on any atom is -0.384 e. The Labute approximate surface area is 169 Å². The van der Waals surface area contributed by atoms with Crippen LogP contribution >= 0.6 is 0 Å². The van der Waals surface area contributed by atoms with Gasteiger partial charge < -0.3 is 15.5 Å². The SMILES string of the molecule is C=CC(CCC(=O)NC)N1C(=O)c2cccc(NCCC3CN(C=O)C3)c2C1=O. The topological polar surface area (TPSA) is 98.8 Å². The van der Waals surface area contributed by atoms with E-state index in [-0.39, 0.29) is 24.1 Å². The van der Waals surface area contributed by atoms with E-state index in [2.05, 4.69) is 17.2 Å². The van der Waals surface area contributed by atoms with Crippen molar-refractivity contribution in [1.29, 1.82) is 0 Å². The lowest BCUT2D eigenvalue weighted by molar-refractivity contribution is -0.123. The van der Waals surface area contributed by atoms with E-state index < -0.39 is 6.04 Å². The monoisotopic (exact) mass is 398 g/mol. The first kappa shape index (κ1) is 20.6. The number of rotatable bonds is 10. The summed E-state index contributed by atoms with van der Waals surface area (Å²) in [4.78, 5) is 51.0. The molecule has 154 valence electrons. The summed E-state index contributed by atoms with van der Waals surface area (Å²) in [5.41, 5.74) is 1.36. The number of carbonyl (C=O) groups is 4. The summed E-state index contributed by atoms with van der Waals surface area (Å²) in [5, 5.41) is 5.81. The van der Waals surface area contributed by atoms with Crippen LogP contribution in [0.25, 0.3) is 0 Å². The molecule has 0 bridgehead atoms. The predicted octanol–water partition coefficient (Wildman–Crippen LogP) is 1.25. The number of nitrogens with one attached hydrogen (secondary N) is 2. The molecule has 1 aromatic rings. The first-order valence-electron chi connectivity index (χ1n) is 9.77. The lowest BCUT2D eigenvalue weighted by atomic mass is 9.97. The maximum absolute atomic E-state index is 13.1. The highest BCUT2D eigenvalue weighted by atomic mass is 16.2. The van der Waals surface area contributed by atoms with Gasteiger partial charge in [0.2, 0.25) is 12.3 Å². The summed E-state index contributed by atoms with van der Waals surface area (Å²) in [5.74, 6) is -0.435. The van der Waals surface area contributed by atoms with Crippen molar-refractivity contribution in [3.05, 3.63) is 42.0 Å². The van der Waals surface area contributed by atoms with Gasteiger partial charge in [-0.25, -0.2) is 0 Å². The highest BCUT2D eigenvalue weighted by molar-refractivity contribution is 6.24. The third-order valence-electron chi connectivity index (χ3n) is 5.50. The zero-order valence-corrected chi connectivity index (χ0v) is 16.5. The van der Waals surface area contributed by atoms with E-state index in [1.165, 1.54) is 11.0 Å². The molecule has 1 saturated heterocycles. The van der Waals surface area contributed by atoms with Gasteiger partial charge >= 0.3 is 0 Å². The second-order valence-corrected chi connectivity index (χ2v) is 7.36. The Morgan fingerprint density at radius 1 is 1.31 bits per heavy atom. The van der Waals surface area contributed by atoms with Gasteiger partial charge in [-0.3, -0.25) is 24.1 Å². The van der Waals surface area contributed by atoms with Crippen LogP contribution in [-0.4, -0.2) is 66.7 Å². The molecule has 8 nitrogen and oxygen atoms in total. The summed E-state index contributed by atoms with van der Waals surface area (Å²) >= 11 is 0. The third-order valence-corrected chi connectivity index (χ3v) is 5.50. The largest absolute Gasteiger partial charge is 0.384 e. The number of likely N-dealkylation sites (tertiary alicyclic amines) is 1. The molecule has 0 aliphatic carbocycles. The van der Waals surface area contributed by atoms with E-state index in [0.717, 1.165) is 25.9 Å². The number of anilines is 1. The molecule has 0 saturated carbocycles. The zero-order chi connectivity index (χ0) is 21.0. The van der Waals surface area contributed by atoms with Gasteiger partial charge in [0.25, 0.3) is 11.8 Å². The molecule has 1 atom stereocenters. The molecule has 0 aromatic heterocycles. The quantitative estimate of drug-likeness (QED) is 0.351. The van der Waals surface area contributed by atoms with Gasteiger partial charge in [0.05, 0.1) is 17.2 Å². The molecule has 0 radical (unpaired) electrons. The van der Waals surface area contributed by atoms with Crippen LogP contribution < -0.4 is 10.6 Å². The van der Waals surface area contributed by atoms with Crippen molar-refractivity contribution >= 4 is 29.8 Å². The van der Waals surface area contributed by atoms with Crippen molar-refractivity contribution in [2.75, 3.05) is 32.0 Å². The van der Waals surface area contributed by atoms with Gasteiger partial charge in [0.15, 0.2) is 0 Å². The van der Waals surface area contributed by atoms with E-state index in [0.29, 0.717) is 35.7 Å². The first-order chi connectivity index (χ1) is 14.0. The van der Waals surface area contributed by atoms with Crippen molar-refractivity contribution in [3.63, 3.8) is 0 Å². The van der Waals surface area contributed by atoms with Crippen LogP contribution in [0.2, 0.25) is 0 Å². The molecule has 2 heterocycles. The Bertz CT molecular complexity index is 832. The molecule has 2 aliphatic rings. The summed E-state index contributed by atoms with van der Waals surface area (Å²) in [6, 6.07) is 4.64. The van der Waals surface area contributed by atoms with Gasteiger partial charge in [-0.15, -0.1) is 6.58 Å². The van der Waals surface area contributed by atoms with E-state index in [9.17, 15) is 19.2 Å². The summed E-state index contributed by atoms with van der Waals surface area (Å²) in [7, 11) is 1.55. The van der Waals surface area contributed by atoms with Crippen LogP contribution in [0.15, 0.2) is 30.9 Å². The van der Waals surface area contributed by atoms with Crippen molar-refractivity contribution in [3.8, 4) is 0 Å². The Hall–Kier alpha value is -3.16. The fraction of sp³-hybridized carbons (Fsp3) is 0.429. The molecule has 1 fully saturated rings. The van der Waals surface area contributed by atoms with E-state index in [1.54, 1.807) is 30.1 Å². The van der Waals surface area contributed by atoms with Crippen LogP contribution in [0.1, 0.15) is 40.0 Å². The second-order valence-electron chi connectivity index (χ2n) is 7.36. The molecule has 4 amide bonds. The molecule has 3 rings (SSSR count). The van der Waals surface area contributed by atoms with Crippen molar-refractivity contribution < 1.29 is 19.2 Å². The Kier molecular flexibility index (Phi) is 6.31. The van der Waals surface area contributed by atoms with Gasteiger partial charge in [-0.2, -0.15) is 0 Å². The molecule has 8 heteroatoms. The maximum atomic E-state index is 13.1. The van der Waals surface area contributed by atoms with Gasteiger partial charge in [-0.1, -0.05) is 12.1 Å². The lowest BCUT2D eigenvalue weighted by Gasteiger charge is -2.36. The van der Waals surface area contributed by atoms with Crippen molar-refractivity contribution in [1.82, 2.24) is 15.1 Å². The maximum Gasteiger partial charge on any atom is 0.264 e. The smallest absolute Gasteiger partial charge is 0.264 e. The minimum atomic E-state index is -0.545. The third kappa shape index (κ3) is 4.16. The van der Waals surface area contributed by atoms with Crippen molar-refractivity contribution in [2.45, 2.75) is 25.3 Å². The number of hydrogen-bond donors (Lipinski definition) is 2. The van der Waals surface area contributed by atoms with Crippen molar-refractivity contribution in [2.24, 2.45) is 5.92 Å². The fourth-order valence-corrected chi connectivity index (χ4v) is 3.80. The standard InChI is InChI=1S/C21H26N4O4/c1-3-15(7-8-18(27)22-2)25-20(28)16-5-4-6-17(19(16)21(25)29)23-10-9-14-11-24(12-14)13-26/h3-6,13-15,23H,1,7-12H2,2H3,(H,22,27). The summed E-state index contributed by atoms with van der Waals surface area (Å²) in [6.07, 6.45) is 3.79. The molecular weight excluding hydrogens is 372 g/mol. The number of hydrogen-bond acceptors (Lipinski definition) is 5. The number of benzene rings is 1. The number of imide groups is 1. The predicted molar refractivity (Wildman–Crippen MR) is 108 cm³/mol. The summed E-state index contributed by atoms with van der Waals surface area (Å²) < 4.78 is 0. The number of nitrogens with zero attached hydrogens (tertiary/aromatic N) is 2. The number of carbonyl (C=O) groups excluding carboxylic acids is 4. The van der Waals surface area contributed by atoms with Crippen LogP contribution in [0.5, 0.6) is 0 Å². The molecule has 2 N–H and O–H groups in total. The molecule has 2 aliphatic heterocycles. The average molecular weight is 398 g/mol. The van der Waals surface area contributed by atoms with Gasteiger partial charge in [0.1, 0.15) is 0 Å². The Morgan fingerprint density at radius 3 is 2.72 bits per heavy atom. The fourth-order valence-electron chi connectivity index (χ4n) is 3.80. The van der Waals surface area contributed by atoms with Crippen LogP contribution in [0.3, 0.4) is 0 Å². The lowest BCUT2D eigenvalue weighted by Crippen LogP contribution is -2.46. The van der Waals surface area contributed by atoms with Crippen LogP contribution in [-0.2, 0) is 9.59 Å². The average Bonchev–Trinajstić information content (AvgIpc) is 2.95. The van der Waals surface area contributed by atoms with E-state index >= 15 is 0 Å². The Morgan fingerprint density at radius 2 is 2.07 bits per heavy atom. The zero-order valence-electron chi connectivity index (χ0n) is 16.5. The molecule has 0 spiro atoms. The van der Waals surface area contributed by atoms with Gasteiger partial charge in [0, 0.05) is 38.8 Å². The second kappa shape index (κ2) is 8.89. The summed E-state index contributed by atoms with van der Waals surface area (Å²) in [6.45, 7) is 5.91. The Balaban J connectivity index is 1.68. The molecule has 1 aromatic carbocycles. The number of amides is 4. The minimum absolute atomic E-state index is 0.153. The normalized spacial score (nSPS) is 16.9. The van der Waals surface area contributed by atoms with Crippen LogP contribution in [0, 0.1) is 5.92 Å². The first-order valence-corrected chi connectivity index (χ1v) is 9.77. The number of fused-ring (bicyclic) bond motifs is 1. The molecular formula is C21H26N4O4. The molecule has 1 unspecified atom stereocenters. The molecule has 29 heavy (non-hydrogen) atoms. The van der Waals surface area contributed by atoms with E-state index in [1.807, 2.05) is 0 Å². The highest BCUT2D eigenvalue weighted by Gasteiger charge is 2.40. The van der Waals surface area contributed by atoms with Gasteiger partial charge in [-0.05, 0) is 30.9 Å².